The van der Waals surface area contributed by atoms with Gasteiger partial charge in [-0.1, -0.05) is 11.6 Å². The molecule has 2 heterocycles. The average molecular weight is 292 g/mol. The Labute approximate surface area is 123 Å². The number of amides is 1. The van der Waals surface area contributed by atoms with E-state index in [2.05, 4.69) is 5.16 Å². The lowest BCUT2D eigenvalue weighted by Gasteiger charge is -2.24. The molecule has 3 rings (SSSR count). The van der Waals surface area contributed by atoms with Gasteiger partial charge in [0.25, 0.3) is 0 Å². The maximum absolute atomic E-state index is 12.6. The first-order chi connectivity index (χ1) is 9.99. The molecule has 3 atom stereocenters. The number of rotatable bonds is 3. The molecule has 0 bridgehead atoms. The Kier molecular flexibility index (Phi) is 3.47. The van der Waals surface area contributed by atoms with E-state index < -0.39 is 12.0 Å². The topological polar surface area (TPSA) is 83.6 Å². The standard InChI is InChI=1S/C15H20N2O4/c1-8-12(9(2)21-16-8)6-13(18)17-7-10-4-3-5-11(10)14(17)15(19)20/h10-11,14H,3-7H2,1-2H3,(H,19,20). The van der Waals surface area contributed by atoms with Crippen molar-refractivity contribution >= 4 is 11.9 Å². The molecule has 6 nitrogen and oxygen atoms in total. The highest BCUT2D eigenvalue weighted by Gasteiger charge is 2.49. The summed E-state index contributed by atoms with van der Waals surface area (Å²) in [5.74, 6) is 0.0886. The Morgan fingerprint density at radius 2 is 2.14 bits per heavy atom. The molecule has 1 saturated carbocycles. The smallest absolute Gasteiger partial charge is 0.326 e. The molecule has 0 spiro atoms. The largest absolute Gasteiger partial charge is 0.480 e. The number of carbonyl (C=O) groups is 2. The van der Waals surface area contributed by atoms with Gasteiger partial charge in [0.05, 0.1) is 12.1 Å². The third kappa shape index (κ3) is 2.32. The van der Waals surface area contributed by atoms with Gasteiger partial charge in [0, 0.05) is 12.1 Å². The van der Waals surface area contributed by atoms with Gasteiger partial charge >= 0.3 is 5.97 Å². The average Bonchev–Trinajstić information content (AvgIpc) is 3.07. The van der Waals surface area contributed by atoms with Gasteiger partial charge in [-0.15, -0.1) is 0 Å². The molecule has 1 aromatic heterocycles. The van der Waals surface area contributed by atoms with Crippen molar-refractivity contribution in [1.82, 2.24) is 10.1 Å². The van der Waals surface area contributed by atoms with Gasteiger partial charge in [0.15, 0.2) is 0 Å². The van der Waals surface area contributed by atoms with Crippen LogP contribution in [0.1, 0.15) is 36.3 Å². The zero-order valence-electron chi connectivity index (χ0n) is 12.3. The second kappa shape index (κ2) is 5.16. The van der Waals surface area contributed by atoms with Crippen LogP contribution in [0, 0.1) is 25.7 Å². The van der Waals surface area contributed by atoms with Crippen molar-refractivity contribution < 1.29 is 19.2 Å². The summed E-state index contributed by atoms with van der Waals surface area (Å²) in [4.78, 5) is 25.7. The van der Waals surface area contributed by atoms with Gasteiger partial charge in [0.2, 0.25) is 5.91 Å². The van der Waals surface area contributed by atoms with E-state index in [1.165, 1.54) is 0 Å². The Morgan fingerprint density at radius 1 is 1.38 bits per heavy atom. The van der Waals surface area contributed by atoms with Gasteiger partial charge in [-0.25, -0.2) is 4.79 Å². The number of carboxylic acids is 1. The number of nitrogens with zero attached hydrogens (tertiary/aromatic N) is 2. The number of carbonyl (C=O) groups excluding carboxylic acids is 1. The summed E-state index contributed by atoms with van der Waals surface area (Å²) in [6.45, 7) is 4.15. The highest BCUT2D eigenvalue weighted by Crippen LogP contribution is 2.42. The molecule has 21 heavy (non-hydrogen) atoms. The maximum Gasteiger partial charge on any atom is 0.326 e. The van der Waals surface area contributed by atoms with Crippen LogP contribution in [0.2, 0.25) is 0 Å². The van der Waals surface area contributed by atoms with Gasteiger partial charge in [0.1, 0.15) is 11.8 Å². The first-order valence-corrected chi connectivity index (χ1v) is 7.43. The lowest BCUT2D eigenvalue weighted by Crippen LogP contribution is -2.44. The SMILES string of the molecule is Cc1noc(C)c1CC(=O)N1CC2CCCC2C1C(=O)O. The summed E-state index contributed by atoms with van der Waals surface area (Å²) in [6.07, 6.45) is 3.19. The fraction of sp³-hybridized carbons (Fsp3) is 0.667. The number of hydrogen-bond acceptors (Lipinski definition) is 4. The summed E-state index contributed by atoms with van der Waals surface area (Å²) < 4.78 is 5.07. The molecule has 114 valence electrons. The van der Waals surface area contributed by atoms with Crippen molar-refractivity contribution in [2.45, 2.75) is 45.6 Å². The van der Waals surface area contributed by atoms with Gasteiger partial charge in [-0.05, 0) is 38.5 Å². The van der Waals surface area contributed by atoms with Crippen molar-refractivity contribution in [2.75, 3.05) is 6.54 Å². The normalized spacial score (nSPS) is 27.9. The third-order valence-electron chi connectivity index (χ3n) is 4.97. The van der Waals surface area contributed by atoms with Crippen LogP contribution in [0.3, 0.4) is 0 Å². The minimum absolute atomic E-state index is 0.121. The first kappa shape index (κ1) is 14.1. The number of fused-ring (bicyclic) bond motifs is 1. The lowest BCUT2D eigenvalue weighted by atomic mass is 9.94. The maximum atomic E-state index is 12.6. The molecule has 2 fully saturated rings. The number of likely N-dealkylation sites (tertiary alicyclic amines) is 1. The van der Waals surface area contributed by atoms with Crippen molar-refractivity contribution in [3.05, 3.63) is 17.0 Å². The second-order valence-electron chi connectivity index (χ2n) is 6.16. The summed E-state index contributed by atoms with van der Waals surface area (Å²) >= 11 is 0. The highest BCUT2D eigenvalue weighted by atomic mass is 16.5. The Bertz CT molecular complexity index is 561. The number of aryl methyl sites for hydroxylation is 2. The Morgan fingerprint density at radius 3 is 2.76 bits per heavy atom. The summed E-state index contributed by atoms with van der Waals surface area (Å²) in [6, 6.07) is -0.662. The molecule has 2 aliphatic rings. The fourth-order valence-corrected chi connectivity index (χ4v) is 3.89. The number of aliphatic carboxylic acids is 1. The van der Waals surface area contributed by atoms with Gasteiger partial charge in [-0.3, -0.25) is 4.79 Å². The molecular weight excluding hydrogens is 272 g/mol. The zero-order valence-corrected chi connectivity index (χ0v) is 12.3. The van der Waals surface area contributed by atoms with E-state index in [1.54, 1.807) is 18.7 Å². The number of hydrogen-bond donors (Lipinski definition) is 1. The molecule has 3 unspecified atom stereocenters. The van der Waals surface area contributed by atoms with Crippen molar-refractivity contribution in [3.63, 3.8) is 0 Å². The van der Waals surface area contributed by atoms with Crippen LogP contribution < -0.4 is 0 Å². The zero-order chi connectivity index (χ0) is 15.1. The summed E-state index contributed by atoms with van der Waals surface area (Å²) in [7, 11) is 0. The third-order valence-corrected chi connectivity index (χ3v) is 4.97. The molecule has 1 aromatic rings. The monoisotopic (exact) mass is 292 g/mol. The van der Waals surface area contributed by atoms with E-state index in [9.17, 15) is 14.7 Å². The molecule has 6 heteroatoms. The molecular formula is C15H20N2O4. The Hall–Kier alpha value is -1.85. The quantitative estimate of drug-likeness (QED) is 0.913. The Balaban J connectivity index is 1.79. The van der Waals surface area contributed by atoms with Crippen LogP contribution >= 0.6 is 0 Å². The minimum Gasteiger partial charge on any atom is -0.480 e. The highest BCUT2D eigenvalue weighted by molar-refractivity contribution is 5.86. The predicted molar refractivity (Wildman–Crippen MR) is 73.6 cm³/mol. The van der Waals surface area contributed by atoms with E-state index >= 15 is 0 Å². The molecule has 1 amide bonds. The van der Waals surface area contributed by atoms with E-state index in [0.29, 0.717) is 23.9 Å². The van der Waals surface area contributed by atoms with Crippen LogP contribution in [-0.4, -0.2) is 39.6 Å². The molecule has 1 aliphatic heterocycles. The molecule has 1 saturated heterocycles. The van der Waals surface area contributed by atoms with Crippen LogP contribution in [0.15, 0.2) is 4.52 Å². The van der Waals surface area contributed by atoms with Gasteiger partial charge in [-0.2, -0.15) is 0 Å². The second-order valence-corrected chi connectivity index (χ2v) is 6.16. The van der Waals surface area contributed by atoms with Crippen molar-refractivity contribution in [1.29, 1.82) is 0 Å². The van der Waals surface area contributed by atoms with E-state index in [1.807, 2.05) is 0 Å². The molecule has 0 radical (unpaired) electrons. The van der Waals surface area contributed by atoms with Crippen molar-refractivity contribution in [3.8, 4) is 0 Å². The van der Waals surface area contributed by atoms with Crippen LogP contribution in [0.25, 0.3) is 0 Å². The van der Waals surface area contributed by atoms with Gasteiger partial charge < -0.3 is 14.5 Å². The summed E-state index contributed by atoms with van der Waals surface area (Å²) in [5.41, 5.74) is 1.48. The lowest BCUT2D eigenvalue weighted by molar-refractivity contribution is -0.149. The van der Waals surface area contributed by atoms with Crippen LogP contribution in [0.4, 0.5) is 0 Å². The van der Waals surface area contributed by atoms with E-state index in [-0.39, 0.29) is 18.2 Å². The van der Waals surface area contributed by atoms with E-state index in [0.717, 1.165) is 24.8 Å². The minimum atomic E-state index is -0.878. The summed E-state index contributed by atoms with van der Waals surface area (Å²) in [5, 5.41) is 13.3. The first-order valence-electron chi connectivity index (χ1n) is 7.43. The predicted octanol–water partition coefficient (Wildman–Crippen LogP) is 1.55. The van der Waals surface area contributed by atoms with Crippen LogP contribution in [-0.2, 0) is 16.0 Å². The molecule has 1 N–H and O–H groups in total. The van der Waals surface area contributed by atoms with E-state index in [4.69, 9.17) is 4.52 Å². The molecule has 0 aromatic carbocycles. The number of carboxylic acid groups (broad SMARTS) is 1. The molecule has 1 aliphatic carbocycles. The fourth-order valence-electron chi connectivity index (χ4n) is 3.89. The van der Waals surface area contributed by atoms with Crippen molar-refractivity contribution in [2.24, 2.45) is 11.8 Å². The van der Waals surface area contributed by atoms with Crippen LogP contribution in [0.5, 0.6) is 0 Å². The number of aromatic nitrogens is 1.